The predicted molar refractivity (Wildman–Crippen MR) is 83.1 cm³/mol. The van der Waals surface area contributed by atoms with Crippen molar-refractivity contribution in [2.45, 2.75) is 0 Å². The maximum atomic E-state index is 11.9. The van der Waals surface area contributed by atoms with Gasteiger partial charge in [0.1, 0.15) is 5.75 Å². The highest BCUT2D eigenvalue weighted by atomic mass is 32.2. The summed E-state index contributed by atoms with van der Waals surface area (Å²) in [5.41, 5.74) is 1.30. The molecule has 0 bridgehead atoms. The Labute approximate surface area is 125 Å². The molecule has 3 rings (SSSR count). The number of nitrogens with one attached hydrogen (secondary N) is 1. The molecule has 2 aromatic rings. The van der Waals surface area contributed by atoms with Crippen LogP contribution in [-0.4, -0.2) is 21.2 Å². The molecule has 0 radical (unpaired) electrons. The Hall–Kier alpha value is -2.60. The zero-order chi connectivity index (χ0) is 14.7. The summed E-state index contributed by atoms with van der Waals surface area (Å²) in [6.07, 6.45) is 3.39. The van der Waals surface area contributed by atoms with Crippen LogP contribution in [0.1, 0.15) is 5.69 Å². The van der Waals surface area contributed by atoms with Crippen molar-refractivity contribution in [1.82, 2.24) is 10.3 Å². The lowest BCUT2D eigenvalue weighted by Gasteiger charge is -1.96. The van der Waals surface area contributed by atoms with Crippen molar-refractivity contribution in [2.75, 3.05) is 0 Å². The second-order valence-corrected chi connectivity index (χ2v) is 5.29. The van der Waals surface area contributed by atoms with Crippen LogP contribution in [0.25, 0.3) is 6.08 Å². The molecule has 0 unspecified atom stereocenters. The van der Waals surface area contributed by atoms with Crippen LogP contribution in [0.3, 0.4) is 0 Å². The van der Waals surface area contributed by atoms with Crippen LogP contribution in [0.4, 0.5) is 5.69 Å². The van der Waals surface area contributed by atoms with E-state index in [1.54, 1.807) is 30.5 Å². The molecule has 0 spiro atoms. The minimum absolute atomic E-state index is 0.135. The molecular formula is C15H11N3O2S. The number of aliphatic imine (C=N–C) groups is 1. The van der Waals surface area contributed by atoms with Crippen LogP contribution in [0, 0.1) is 0 Å². The normalized spacial score (nSPS) is 18.2. The fraction of sp³-hybridized carbons (Fsp3) is 0. The summed E-state index contributed by atoms with van der Waals surface area (Å²) >= 11 is 1.24. The number of amides is 1. The summed E-state index contributed by atoms with van der Waals surface area (Å²) in [6.45, 7) is 0. The molecule has 5 nitrogen and oxygen atoms in total. The van der Waals surface area contributed by atoms with Gasteiger partial charge in [-0.2, -0.15) is 0 Å². The van der Waals surface area contributed by atoms with E-state index in [4.69, 9.17) is 0 Å². The maximum absolute atomic E-state index is 11.9. The number of amidine groups is 1. The third kappa shape index (κ3) is 3.29. The molecule has 0 aliphatic carbocycles. The third-order valence-corrected chi connectivity index (χ3v) is 3.59. The fourth-order valence-electron chi connectivity index (χ4n) is 1.76. The van der Waals surface area contributed by atoms with Gasteiger partial charge in [-0.15, -0.1) is 0 Å². The fourth-order valence-corrected chi connectivity index (χ4v) is 2.58. The molecule has 1 aliphatic heterocycles. The third-order valence-electron chi connectivity index (χ3n) is 2.68. The lowest BCUT2D eigenvalue weighted by Crippen LogP contribution is -2.19. The van der Waals surface area contributed by atoms with E-state index < -0.39 is 0 Å². The molecule has 1 aliphatic rings. The number of carbonyl (C=O) groups is 1. The lowest BCUT2D eigenvalue weighted by molar-refractivity contribution is -0.115. The first kappa shape index (κ1) is 13.4. The molecule has 6 heteroatoms. The van der Waals surface area contributed by atoms with Crippen LogP contribution in [-0.2, 0) is 4.79 Å². The molecule has 1 fully saturated rings. The van der Waals surface area contributed by atoms with Crippen LogP contribution in [0.5, 0.6) is 5.75 Å². The molecule has 1 aromatic heterocycles. The molecule has 1 aromatic carbocycles. The van der Waals surface area contributed by atoms with Gasteiger partial charge < -0.3 is 10.4 Å². The van der Waals surface area contributed by atoms with Crippen molar-refractivity contribution < 1.29 is 9.90 Å². The number of phenolic OH excluding ortho intramolecular Hbond substituents is 1. The van der Waals surface area contributed by atoms with Gasteiger partial charge in [-0.3, -0.25) is 9.78 Å². The minimum atomic E-state index is -0.204. The number of nitrogens with zero attached hydrogens (tertiary/aromatic N) is 2. The molecule has 0 saturated carbocycles. The molecule has 2 heterocycles. The summed E-state index contributed by atoms with van der Waals surface area (Å²) in [7, 11) is 0. The van der Waals surface area contributed by atoms with Crippen molar-refractivity contribution in [2.24, 2.45) is 4.99 Å². The maximum Gasteiger partial charge on any atom is 0.264 e. The Morgan fingerprint density at radius 3 is 2.90 bits per heavy atom. The summed E-state index contributed by atoms with van der Waals surface area (Å²) in [4.78, 5) is 20.9. The van der Waals surface area contributed by atoms with Crippen molar-refractivity contribution in [3.8, 4) is 5.75 Å². The number of thioether (sulfide) groups is 1. The molecular weight excluding hydrogens is 286 g/mol. The van der Waals surface area contributed by atoms with E-state index in [0.717, 1.165) is 0 Å². The highest BCUT2D eigenvalue weighted by Gasteiger charge is 2.23. The number of aromatic hydroxyl groups is 1. The summed E-state index contributed by atoms with van der Waals surface area (Å²) < 4.78 is 0. The zero-order valence-electron chi connectivity index (χ0n) is 10.9. The van der Waals surface area contributed by atoms with Gasteiger partial charge in [0.2, 0.25) is 0 Å². The first-order valence-electron chi connectivity index (χ1n) is 6.20. The van der Waals surface area contributed by atoms with Crippen LogP contribution in [0.15, 0.2) is 58.6 Å². The van der Waals surface area contributed by atoms with Gasteiger partial charge >= 0.3 is 0 Å². The predicted octanol–water partition coefficient (Wildman–Crippen LogP) is 2.68. The molecule has 21 heavy (non-hydrogen) atoms. The van der Waals surface area contributed by atoms with Gasteiger partial charge in [0.05, 0.1) is 16.3 Å². The second kappa shape index (κ2) is 5.80. The topological polar surface area (TPSA) is 74.6 Å². The number of carbonyl (C=O) groups excluding carboxylic acids is 1. The first-order valence-corrected chi connectivity index (χ1v) is 7.02. The zero-order valence-corrected chi connectivity index (χ0v) is 11.7. The number of rotatable bonds is 2. The average Bonchev–Trinajstić information content (AvgIpc) is 2.80. The molecule has 104 valence electrons. The highest BCUT2D eigenvalue weighted by molar-refractivity contribution is 8.18. The Bertz CT molecular complexity index is 742. The molecule has 1 amide bonds. The number of pyridine rings is 1. The van der Waals surface area contributed by atoms with Gasteiger partial charge in [-0.25, -0.2) is 4.99 Å². The summed E-state index contributed by atoms with van der Waals surface area (Å²) in [6, 6.07) is 12.0. The van der Waals surface area contributed by atoms with E-state index in [-0.39, 0.29) is 11.7 Å². The van der Waals surface area contributed by atoms with Gasteiger partial charge in [0.15, 0.2) is 5.17 Å². The number of benzene rings is 1. The van der Waals surface area contributed by atoms with E-state index in [0.29, 0.717) is 21.5 Å². The quantitative estimate of drug-likeness (QED) is 0.836. The Morgan fingerprint density at radius 2 is 2.14 bits per heavy atom. The van der Waals surface area contributed by atoms with Crippen molar-refractivity contribution in [3.05, 3.63) is 59.3 Å². The van der Waals surface area contributed by atoms with Gasteiger partial charge in [-0.05, 0) is 42.1 Å². The van der Waals surface area contributed by atoms with Crippen molar-refractivity contribution in [3.63, 3.8) is 0 Å². The van der Waals surface area contributed by atoms with E-state index in [1.807, 2.05) is 18.2 Å². The van der Waals surface area contributed by atoms with E-state index in [2.05, 4.69) is 15.3 Å². The van der Waals surface area contributed by atoms with E-state index in [9.17, 15) is 9.90 Å². The van der Waals surface area contributed by atoms with Gasteiger partial charge in [-0.1, -0.05) is 12.1 Å². The smallest absolute Gasteiger partial charge is 0.264 e. The van der Waals surface area contributed by atoms with Crippen LogP contribution < -0.4 is 5.32 Å². The Morgan fingerprint density at radius 1 is 1.24 bits per heavy atom. The number of aromatic nitrogens is 1. The Balaban J connectivity index is 1.83. The highest BCUT2D eigenvalue weighted by Crippen LogP contribution is 2.28. The van der Waals surface area contributed by atoms with Gasteiger partial charge in [0.25, 0.3) is 5.91 Å². The van der Waals surface area contributed by atoms with Crippen molar-refractivity contribution in [1.29, 1.82) is 0 Å². The van der Waals surface area contributed by atoms with Crippen LogP contribution >= 0.6 is 11.8 Å². The van der Waals surface area contributed by atoms with Crippen molar-refractivity contribution >= 4 is 34.6 Å². The molecule has 2 N–H and O–H groups in total. The average molecular weight is 297 g/mol. The first-order chi connectivity index (χ1) is 10.2. The largest absolute Gasteiger partial charge is 0.508 e. The van der Waals surface area contributed by atoms with E-state index >= 15 is 0 Å². The minimum Gasteiger partial charge on any atom is -0.508 e. The Kier molecular flexibility index (Phi) is 3.70. The monoisotopic (exact) mass is 297 g/mol. The number of hydrogen-bond acceptors (Lipinski definition) is 5. The SMILES string of the molecule is O=C1NC(=Nc2cccc(O)c2)S/C1=C\c1ccccn1. The number of phenols is 1. The second-order valence-electron chi connectivity index (χ2n) is 4.26. The standard InChI is InChI=1S/C15H11N3O2S/c19-12-6-3-5-11(8-12)17-15-18-14(20)13(21-15)9-10-4-1-2-7-16-10/h1-9,19H,(H,17,18,20)/b13-9-. The van der Waals surface area contributed by atoms with Gasteiger partial charge in [0, 0.05) is 12.3 Å². The molecule has 1 saturated heterocycles. The summed E-state index contributed by atoms with van der Waals surface area (Å²) in [5.74, 6) is -0.0695. The van der Waals surface area contributed by atoms with E-state index in [1.165, 1.54) is 17.8 Å². The number of hydrogen-bond donors (Lipinski definition) is 2. The summed E-state index contributed by atoms with van der Waals surface area (Å²) in [5, 5.41) is 12.6. The lowest BCUT2D eigenvalue weighted by atomic mass is 10.3. The molecule has 0 atom stereocenters. The van der Waals surface area contributed by atoms with Crippen LogP contribution in [0.2, 0.25) is 0 Å².